The van der Waals surface area contributed by atoms with Crippen LogP contribution in [0.4, 0.5) is 0 Å². The Labute approximate surface area is 151 Å². The van der Waals surface area contributed by atoms with E-state index < -0.39 is 10.0 Å². The van der Waals surface area contributed by atoms with E-state index in [-0.39, 0.29) is 18.6 Å². The third-order valence-corrected chi connectivity index (χ3v) is 6.95. The molecule has 3 rings (SSSR count). The van der Waals surface area contributed by atoms with Crippen LogP contribution in [0.2, 0.25) is 0 Å². The van der Waals surface area contributed by atoms with Crippen molar-refractivity contribution >= 4 is 27.3 Å². The van der Waals surface area contributed by atoms with Gasteiger partial charge in [0.25, 0.3) is 5.91 Å². The highest BCUT2D eigenvalue weighted by molar-refractivity contribution is 7.91. The minimum Gasteiger partial charge on any atom is -0.484 e. The molecule has 0 unspecified atom stereocenters. The summed E-state index contributed by atoms with van der Waals surface area (Å²) < 4.78 is 33.0. The number of para-hydroxylation sites is 1. The number of amides is 1. The molecule has 0 radical (unpaired) electrons. The van der Waals surface area contributed by atoms with Crippen molar-refractivity contribution in [1.29, 1.82) is 0 Å². The molecule has 2 heterocycles. The maximum atomic E-state index is 12.2. The molecule has 0 bridgehead atoms. The number of rotatable bonds is 6. The zero-order chi connectivity index (χ0) is 17.7. The Morgan fingerprint density at radius 2 is 1.88 bits per heavy atom. The van der Waals surface area contributed by atoms with Gasteiger partial charge >= 0.3 is 0 Å². The molecule has 1 fully saturated rings. The molecule has 1 aromatic heterocycles. The van der Waals surface area contributed by atoms with Gasteiger partial charge in [0.15, 0.2) is 6.61 Å². The van der Waals surface area contributed by atoms with Gasteiger partial charge in [0, 0.05) is 19.1 Å². The van der Waals surface area contributed by atoms with E-state index in [1.807, 2.05) is 18.2 Å². The fourth-order valence-corrected chi connectivity index (χ4v) is 5.01. The molecule has 0 spiro atoms. The molecule has 134 valence electrons. The minimum atomic E-state index is -3.46. The van der Waals surface area contributed by atoms with E-state index >= 15 is 0 Å². The van der Waals surface area contributed by atoms with Gasteiger partial charge in [0.1, 0.15) is 9.96 Å². The van der Waals surface area contributed by atoms with Crippen molar-refractivity contribution in [3.63, 3.8) is 0 Å². The number of ether oxygens (including phenoxy) is 1. The molecule has 0 aliphatic carbocycles. The minimum absolute atomic E-state index is 0.00436. The Kier molecular flexibility index (Phi) is 5.72. The lowest BCUT2D eigenvalue weighted by Gasteiger charge is -2.32. The number of nitrogens with one attached hydrogen (secondary N) is 1. The van der Waals surface area contributed by atoms with Gasteiger partial charge in [0.2, 0.25) is 10.0 Å². The molecular weight excluding hydrogens is 360 g/mol. The predicted molar refractivity (Wildman–Crippen MR) is 96.2 cm³/mol. The lowest BCUT2D eigenvalue weighted by molar-refractivity contribution is -0.134. The molecule has 6 nitrogen and oxygen atoms in total. The zero-order valence-corrected chi connectivity index (χ0v) is 15.3. The maximum absolute atomic E-state index is 12.2. The summed E-state index contributed by atoms with van der Waals surface area (Å²) in [6, 6.07) is 12.4. The average molecular weight is 380 g/mol. The van der Waals surface area contributed by atoms with E-state index in [2.05, 4.69) is 4.72 Å². The number of nitrogens with zero attached hydrogens (tertiary/aromatic N) is 1. The number of thiophene rings is 1. The van der Waals surface area contributed by atoms with Crippen LogP contribution in [0.1, 0.15) is 12.8 Å². The molecule has 1 N–H and O–H groups in total. The van der Waals surface area contributed by atoms with Crippen LogP contribution in [0.25, 0.3) is 0 Å². The Morgan fingerprint density at radius 3 is 2.52 bits per heavy atom. The van der Waals surface area contributed by atoms with E-state index in [1.165, 1.54) is 11.3 Å². The van der Waals surface area contributed by atoms with Crippen LogP contribution in [0.5, 0.6) is 5.75 Å². The molecule has 1 aromatic carbocycles. The SMILES string of the molecule is O=C(COc1ccccc1)N1CCC(NS(=O)(=O)c2cccs2)CC1. The van der Waals surface area contributed by atoms with Gasteiger partial charge in [-0.25, -0.2) is 13.1 Å². The number of carbonyl (C=O) groups is 1. The monoisotopic (exact) mass is 380 g/mol. The summed E-state index contributed by atoms with van der Waals surface area (Å²) in [7, 11) is -3.46. The number of carbonyl (C=O) groups excluding carboxylic acids is 1. The second-order valence-corrected chi connectivity index (χ2v) is 8.70. The van der Waals surface area contributed by atoms with Crippen molar-refractivity contribution in [2.75, 3.05) is 19.7 Å². The number of hydrogen-bond acceptors (Lipinski definition) is 5. The van der Waals surface area contributed by atoms with E-state index in [1.54, 1.807) is 34.5 Å². The third kappa shape index (κ3) is 4.81. The first-order valence-corrected chi connectivity index (χ1v) is 10.4. The Hall–Kier alpha value is -1.90. The van der Waals surface area contributed by atoms with Gasteiger partial charge in [0.05, 0.1) is 0 Å². The van der Waals surface area contributed by atoms with Crippen molar-refractivity contribution in [2.24, 2.45) is 0 Å². The van der Waals surface area contributed by atoms with Crippen LogP contribution in [-0.4, -0.2) is 45.0 Å². The number of likely N-dealkylation sites (tertiary alicyclic amines) is 1. The smallest absolute Gasteiger partial charge is 0.260 e. The first-order valence-electron chi connectivity index (χ1n) is 8.06. The van der Waals surface area contributed by atoms with E-state index in [4.69, 9.17) is 4.74 Å². The summed E-state index contributed by atoms with van der Waals surface area (Å²) in [5.41, 5.74) is 0. The summed E-state index contributed by atoms with van der Waals surface area (Å²) in [4.78, 5) is 13.9. The number of sulfonamides is 1. The van der Waals surface area contributed by atoms with Crippen LogP contribution in [0.15, 0.2) is 52.1 Å². The molecule has 0 saturated carbocycles. The second-order valence-electron chi connectivity index (χ2n) is 5.81. The van der Waals surface area contributed by atoms with Gasteiger partial charge in [-0.2, -0.15) is 0 Å². The molecule has 1 saturated heterocycles. The molecular formula is C17H20N2O4S2. The first kappa shape index (κ1) is 17.9. The summed E-state index contributed by atoms with van der Waals surface area (Å²) in [5.74, 6) is 0.581. The average Bonchev–Trinajstić information content (AvgIpc) is 3.17. The summed E-state index contributed by atoms with van der Waals surface area (Å²) in [5, 5.41) is 1.74. The van der Waals surface area contributed by atoms with Crippen molar-refractivity contribution in [3.05, 3.63) is 47.8 Å². The van der Waals surface area contributed by atoms with Crippen LogP contribution in [0, 0.1) is 0 Å². The number of benzene rings is 1. The summed E-state index contributed by atoms with van der Waals surface area (Å²) >= 11 is 1.20. The van der Waals surface area contributed by atoms with Crippen LogP contribution < -0.4 is 9.46 Å². The highest BCUT2D eigenvalue weighted by Crippen LogP contribution is 2.19. The molecule has 25 heavy (non-hydrogen) atoms. The van der Waals surface area contributed by atoms with Crippen LogP contribution >= 0.6 is 11.3 Å². The fourth-order valence-electron chi connectivity index (χ4n) is 2.69. The molecule has 8 heteroatoms. The molecule has 1 aliphatic rings. The van der Waals surface area contributed by atoms with Gasteiger partial charge in [-0.05, 0) is 36.4 Å². The van der Waals surface area contributed by atoms with Crippen molar-refractivity contribution in [1.82, 2.24) is 9.62 Å². The third-order valence-electron chi connectivity index (χ3n) is 4.03. The Morgan fingerprint density at radius 1 is 1.16 bits per heavy atom. The lowest BCUT2D eigenvalue weighted by Crippen LogP contribution is -2.47. The zero-order valence-electron chi connectivity index (χ0n) is 13.6. The van der Waals surface area contributed by atoms with Gasteiger partial charge in [-0.3, -0.25) is 4.79 Å². The Bertz CT molecular complexity index is 783. The van der Waals surface area contributed by atoms with Gasteiger partial charge in [-0.1, -0.05) is 24.3 Å². The van der Waals surface area contributed by atoms with Crippen LogP contribution in [-0.2, 0) is 14.8 Å². The number of hydrogen-bond donors (Lipinski definition) is 1. The first-order chi connectivity index (χ1) is 12.0. The van der Waals surface area contributed by atoms with E-state index in [0.717, 1.165) is 0 Å². The molecule has 1 amide bonds. The van der Waals surface area contributed by atoms with Crippen molar-refractivity contribution < 1.29 is 17.9 Å². The van der Waals surface area contributed by atoms with Crippen molar-refractivity contribution in [2.45, 2.75) is 23.1 Å². The van der Waals surface area contributed by atoms with Gasteiger partial charge in [-0.15, -0.1) is 11.3 Å². The van der Waals surface area contributed by atoms with Gasteiger partial charge < -0.3 is 9.64 Å². The number of piperidine rings is 1. The maximum Gasteiger partial charge on any atom is 0.260 e. The normalized spacial score (nSPS) is 15.9. The quantitative estimate of drug-likeness (QED) is 0.833. The molecule has 2 aromatic rings. The largest absolute Gasteiger partial charge is 0.484 e. The highest BCUT2D eigenvalue weighted by Gasteiger charge is 2.27. The standard InChI is InChI=1S/C17H20N2O4S2/c20-16(13-23-15-5-2-1-3-6-15)19-10-8-14(9-11-19)18-25(21,22)17-7-4-12-24-17/h1-7,12,14,18H,8-11,13H2. The van der Waals surface area contributed by atoms with E-state index in [9.17, 15) is 13.2 Å². The van der Waals surface area contributed by atoms with E-state index in [0.29, 0.717) is 35.9 Å². The summed E-state index contributed by atoms with van der Waals surface area (Å²) in [6.07, 6.45) is 1.20. The lowest BCUT2D eigenvalue weighted by atomic mass is 10.1. The van der Waals surface area contributed by atoms with Crippen LogP contribution in [0.3, 0.4) is 0 Å². The topological polar surface area (TPSA) is 75.7 Å². The fraction of sp³-hybridized carbons (Fsp3) is 0.353. The van der Waals surface area contributed by atoms with Crippen molar-refractivity contribution in [3.8, 4) is 5.75 Å². The molecule has 1 aliphatic heterocycles. The predicted octanol–water partition coefficient (Wildman–Crippen LogP) is 2.10. The highest BCUT2D eigenvalue weighted by atomic mass is 32.2. The second kappa shape index (κ2) is 7.99. The Balaban J connectivity index is 1.46. The molecule has 0 atom stereocenters. The summed E-state index contributed by atoms with van der Waals surface area (Å²) in [6.45, 7) is 1.04.